The van der Waals surface area contributed by atoms with E-state index in [1.165, 1.54) is 23.1 Å². The molecule has 0 fully saturated rings. The summed E-state index contributed by atoms with van der Waals surface area (Å²) in [5.74, 6) is -0.452. The van der Waals surface area contributed by atoms with Crippen molar-refractivity contribution < 1.29 is 9.18 Å². The molecule has 118 valence electrons. The largest absolute Gasteiger partial charge is 0.327 e. The van der Waals surface area contributed by atoms with Crippen LogP contribution in [0.1, 0.15) is 17.0 Å². The zero-order valence-corrected chi connectivity index (χ0v) is 13.5. The molecular weight excluding hydrogens is 307 g/mol. The molecule has 0 aliphatic rings. The van der Waals surface area contributed by atoms with Crippen molar-refractivity contribution in [2.75, 3.05) is 18.9 Å². The zero-order valence-electron chi connectivity index (χ0n) is 12.7. The second-order valence-corrected chi connectivity index (χ2v) is 5.55. The van der Waals surface area contributed by atoms with Crippen LogP contribution in [0.15, 0.2) is 18.2 Å². The molecule has 0 radical (unpaired) electrons. The number of nitrogens with one attached hydrogen (secondary N) is 2. The average molecular weight is 325 g/mol. The summed E-state index contributed by atoms with van der Waals surface area (Å²) in [4.78, 5) is 13.6. The first-order valence-electron chi connectivity index (χ1n) is 6.86. The van der Waals surface area contributed by atoms with Crippen LogP contribution in [-0.4, -0.2) is 34.7 Å². The van der Waals surface area contributed by atoms with Crippen molar-refractivity contribution in [1.29, 1.82) is 0 Å². The first kappa shape index (κ1) is 16.3. The van der Waals surface area contributed by atoms with Gasteiger partial charge in [0, 0.05) is 19.3 Å². The summed E-state index contributed by atoms with van der Waals surface area (Å²) < 4.78 is 13.2. The minimum atomic E-state index is -0.452. The third-order valence-corrected chi connectivity index (χ3v) is 3.82. The van der Waals surface area contributed by atoms with Gasteiger partial charge in [-0.25, -0.2) is 9.18 Å². The minimum absolute atomic E-state index is 0.259. The number of benzene rings is 1. The lowest BCUT2D eigenvalue weighted by Gasteiger charge is -2.18. The molecule has 0 unspecified atom stereocenters. The van der Waals surface area contributed by atoms with E-state index < -0.39 is 5.82 Å². The number of hydrogen-bond donors (Lipinski definition) is 2. The average Bonchev–Trinajstić information content (AvgIpc) is 2.79. The lowest BCUT2D eigenvalue weighted by atomic mass is 10.1. The fourth-order valence-corrected chi connectivity index (χ4v) is 2.29. The van der Waals surface area contributed by atoms with Gasteiger partial charge in [-0.3, -0.25) is 5.10 Å². The number of carbonyl (C=O) groups is 1. The van der Waals surface area contributed by atoms with Gasteiger partial charge in [0.15, 0.2) is 0 Å². The van der Waals surface area contributed by atoms with Gasteiger partial charge in [-0.1, -0.05) is 11.6 Å². The van der Waals surface area contributed by atoms with Crippen LogP contribution in [-0.2, 0) is 6.42 Å². The van der Waals surface area contributed by atoms with E-state index in [9.17, 15) is 9.18 Å². The van der Waals surface area contributed by atoms with E-state index in [4.69, 9.17) is 11.6 Å². The third-order valence-electron chi connectivity index (χ3n) is 3.49. The van der Waals surface area contributed by atoms with Gasteiger partial charge in [0.05, 0.1) is 16.4 Å². The van der Waals surface area contributed by atoms with Gasteiger partial charge in [0.1, 0.15) is 5.82 Å². The molecule has 0 spiro atoms. The molecule has 22 heavy (non-hydrogen) atoms. The normalized spacial score (nSPS) is 10.6. The van der Waals surface area contributed by atoms with Crippen molar-refractivity contribution in [3.8, 4) is 0 Å². The first-order chi connectivity index (χ1) is 10.4. The predicted molar refractivity (Wildman–Crippen MR) is 84.8 cm³/mol. The number of anilines is 1. The number of nitrogens with zero attached hydrogens (tertiary/aromatic N) is 2. The molecule has 7 heteroatoms. The highest BCUT2D eigenvalue weighted by Gasteiger charge is 2.13. The zero-order chi connectivity index (χ0) is 16.3. The number of aromatic amines is 1. The number of rotatable bonds is 4. The molecule has 2 N–H and O–H groups in total. The van der Waals surface area contributed by atoms with Crippen LogP contribution in [0.5, 0.6) is 0 Å². The summed E-state index contributed by atoms with van der Waals surface area (Å²) in [5.41, 5.74) is 3.29. The SMILES string of the molecule is Cc1n[nH]c(C)c1CCN(C)C(=O)Nc1cc(F)ccc1Cl. The van der Waals surface area contributed by atoms with Crippen LogP contribution < -0.4 is 5.32 Å². The Labute approximate surface area is 133 Å². The summed E-state index contributed by atoms with van der Waals surface area (Å²) in [7, 11) is 1.67. The quantitative estimate of drug-likeness (QED) is 0.903. The van der Waals surface area contributed by atoms with Gasteiger partial charge >= 0.3 is 6.03 Å². The van der Waals surface area contributed by atoms with Crippen LogP contribution in [0.4, 0.5) is 14.9 Å². The van der Waals surface area contributed by atoms with Gasteiger partial charge in [0.25, 0.3) is 0 Å². The highest BCUT2D eigenvalue weighted by molar-refractivity contribution is 6.33. The van der Waals surface area contributed by atoms with E-state index in [2.05, 4.69) is 15.5 Å². The second-order valence-electron chi connectivity index (χ2n) is 5.14. The molecule has 0 bridgehead atoms. The topological polar surface area (TPSA) is 61.0 Å². The Morgan fingerprint density at radius 2 is 2.18 bits per heavy atom. The summed E-state index contributed by atoms with van der Waals surface area (Å²) in [5, 5.41) is 9.94. The van der Waals surface area contributed by atoms with Crippen molar-refractivity contribution in [2.45, 2.75) is 20.3 Å². The Balaban J connectivity index is 1.96. The van der Waals surface area contributed by atoms with Crippen molar-refractivity contribution in [3.05, 3.63) is 46.0 Å². The Morgan fingerprint density at radius 1 is 1.45 bits per heavy atom. The van der Waals surface area contributed by atoms with Crippen molar-refractivity contribution in [3.63, 3.8) is 0 Å². The maximum atomic E-state index is 13.2. The number of aromatic nitrogens is 2. The smallest absolute Gasteiger partial charge is 0.321 e. The van der Waals surface area contributed by atoms with Gasteiger partial charge in [-0.15, -0.1) is 0 Å². The van der Waals surface area contributed by atoms with E-state index in [1.807, 2.05) is 13.8 Å². The molecule has 1 aromatic heterocycles. The fraction of sp³-hybridized carbons (Fsp3) is 0.333. The molecule has 2 aromatic rings. The summed E-state index contributed by atoms with van der Waals surface area (Å²) >= 11 is 5.93. The Hall–Kier alpha value is -2.08. The predicted octanol–water partition coefficient (Wildman–Crippen LogP) is 3.53. The van der Waals surface area contributed by atoms with Crippen LogP contribution in [0.3, 0.4) is 0 Å². The Morgan fingerprint density at radius 3 is 2.82 bits per heavy atom. The number of urea groups is 1. The summed E-state index contributed by atoms with van der Waals surface area (Å²) in [6.45, 7) is 4.38. The molecule has 1 heterocycles. The monoisotopic (exact) mass is 324 g/mol. The molecule has 0 saturated heterocycles. The lowest BCUT2D eigenvalue weighted by Crippen LogP contribution is -2.33. The molecule has 5 nitrogen and oxygen atoms in total. The first-order valence-corrected chi connectivity index (χ1v) is 7.24. The number of aryl methyl sites for hydroxylation is 2. The van der Waals surface area contributed by atoms with Gasteiger partial charge in [0.2, 0.25) is 0 Å². The number of H-pyrrole nitrogens is 1. The van der Waals surface area contributed by atoms with Gasteiger partial charge < -0.3 is 10.2 Å². The van der Waals surface area contributed by atoms with E-state index in [1.54, 1.807) is 7.05 Å². The standard InChI is InChI=1S/C15H18ClFN4O/c1-9-12(10(2)20-19-9)6-7-21(3)15(22)18-14-8-11(17)4-5-13(14)16/h4-5,8H,6-7H2,1-3H3,(H,18,22)(H,19,20). The number of amides is 2. The molecule has 0 aliphatic carbocycles. The van der Waals surface area contributed by atoms with E-state index >= 15 is 0 Å². The maximum Gasteiger partial charge on any atom is 0.321 e. The highest BCUT2D eigenvalue weighted by atomic mass is 35.5. The second kappa shape index (κ2) is 6.79. The number of likely N-dealkylation sites (N-methyl/N-ethyl adjacent to an activating group) is 1. The van der Waals surface area contributed by atoms with E-state index in [0.717, 1.165) is 17.0 Å². The number of halogens is 2. The Bertz CT molecular complexity index is 667. The van der Waals surface area contributed by atoms with Crippen molar-refractivity contribution in [1.82, 2.24) is 15.1 Å². The number of hydrogen-bond acceptors (Lipinski definition) is 2. The van der Waals surface area contributed by atoms with Crippen molar-refractivity contribution in [2.24, 2.45) is 0 Å². The minimum Gasteiger partial charge on any atom is -0.327 e. The summed E-state index contributed by atoms with van der Waals surface area (Å²) in [6.07, 6.45) is 0.689. The molecule has 0 atom stereocenters. The van der Waals surface area contributed by atoms with Crippen molar-refractivity contribution >= 4 is 23.3 Å². The van der Waals surface area contributed by atoms with Gasteiger partial charge in [-0.2, -0.15) is 5.10 Å². The molecule has 1 aromatic carbocycles. The maximum absolute atomic E-state index is 13.2. The van der Waals surface area contributed by atoms with Crippen LogP contribution in [0.25, 0.3) is 0 Å². The van der Waals surface area contributed by atoms with Crippen LogP contribution >= 0.6 is 11.6 Å². The van der Waals surface area contributed by atoms with Gasteiger partial charge in [-0.05, 0) is 44.0 Å². The number of carbonyl (C=O) groups excluding carboxylic acids is 1. The van der Waals surface area contributed by atoms with Crippen LogP contribution in [0.2, 0.25) is 5.02 Å². The molecule has 0 aliphatic heterocycles. The highest BCUT2D eigenvalue weighted by Crippen LogP contribution is 2.22. The molecular formula is C15H18ClFN4O. The summed E-state index contributed by atoms with van der Waals surface area (Å²) in [6, 6.07) is 3.50. The van der Waals surface area contributed by atoms with E-state index in [-0.39, 0.29) is 11.7 Å². The Kier molecular flexibility index (Phi) is 5.03. The fourth-order valence-electron chi connectivity index (χ4n) is 2.13. The lowest BCUT2D eigenvalue weighted by molar-refractivity contribution is 0.223. The van der Waals surface area contributed by atoms with E-state index in [0.29, 0.717) is 18.0 Å². The molecule has 0 saturated carbocycles. The molecule has 2 rings (SSSR count). The third kappa shape index (κ3) is 3.76. The molecule has 2 amide bonds. The van der Waals surface area contributed by atoms with Crippen LogP contribution in [0, 0.1) is 19.7 Å².